The molecule has 0 bridgehead atoms. The molecule has 3 aromatic rings. The molecular formula is C22H21F2N5OS. The number of anilines is 1. The fourth-order valence-electron chi connectivity index (χ4n) is 3.58. The van der Waals surface area contributed by atoms with E-state index in [1.807, 2.05) is 18.2 Å². The predicted molar refractivity (Wildman–Crippen MR) is 118 cm³/mol. The first-order valence-corrected chi connectivity index (χ1v) is 10.6. The highest BCUT2D eigenvalue weighted by Gasteiger charge is 2.23. The number of amidine groups is 1. The molecule has 1 aromatic heterocycles. The summed E-state index contributed by atoms with van der Waals surface area (Å²) in [5.41, 5.74) is 6.06. The SMILES string of the molecule is CNN(C)C(=N)c1ccc2c(c1)CCCc1nc(NC(=O)c3c(F)cccc3F)sc1-2. The third-order valence-corrected chi connectivity index (χ3v) is 6.31. The lowest BCUT2D eigenvalue weighted by Gasteiger charge is -2.19. The first kappa shape index (κ1) is 21.1. The molecular weight excluding hydrogens is 420 g/mol. The molecule has 0 spiro atoms. The van der Waals surface area contributed by atoms with Gasteiger partial charge in [0.2, 0.25) is 0 Å². The van der Waals surface area contributed by atoms with Gasteiger partial charge < -0.3 is 0 Å². The van der Waals surface area contributed by atoms with Crippen LogP contribution in [-0.2, 0) is 12.8 Å². The van der Waals surface area contributed by atoms with Gasteiger partial charge in [-0.1, -0.05) is 29.5 Å². The average molecular weight is 442 g/mol. The number of nitrogens with zero attached hydrogens (tertiary/aromatic N) is 2. The van der Waals surface area contributed by atoms with Crippen LogP contribution in [0.3, 0.4) is 0 Å². The minimum atomic E-state index is -0.914. The summed E-state index contributed by atoms with van der Waals surface area (Å²) < 4.78 is 27.8. The van der Waals surface area contributed by atoms with Crippen LogP contribution in [0.1, 0.15) is 33.6 Å². The second-order valence-electron chi connectivity index (χ2n) is 7.20. The Morgan fingerprint density at radius 2 is 1.94 bits per heavy atom. The van der Waals surface area contributed by atoms with Crippen LogP contribution in [0.4, 0.5) is 13.9 Å². The molecule has 0 atom stereocenters. The summed E-state index contributed by atoms with van der Waals surface area (Å²) in [6.45, 7) is 0. The summed E-state index contributed by atoms with van der Waals surface area (Å²) >= 11 is 1.29. The van der Waals surface area contributed by atoms with Crippen molar-refractivity contribution < 1.29 is 13.6 Å². The van der Waals surface area contributed by atoms with Gasteiger partial charge in [-0.3, -0.25) is 20.5 Å². The maximum Gasteiger partial charge on any atom is 0.263 e. The summed E-state index contributed by atoms with van der Waals surface area (Å²) in [5, 5.41) is 12.8. The fraction of sp³-hybridized carbons (Fsp3) is 0.227. The van der Waals surface area contributed by atoms with Gasteiger partial charge in [0, 0.05) is 19.7 Å². The lowest BCUT2D eigenvalue weighted by atomic mass is 10.0. The number of aromatic nitrogens is 1. The molecule has 4 rings (SSSR count). The van der Waals surface area contributed by atoms with E-state index in [1.54, 1.807) is 19.1 Å². The molecule has 0 aliphatic heterocycles. The first-order chi connectivity index (χ1) is 14.9. The van der Waals surface area contributed by atoms with Crippen LogP contribution in [0.5, 0.6) is 0 Å². The molecule has 0 saturated carbocycles. The number of halogens is 2. The number of aryl methyl sites for hydroxylation is 2. The third-order valence-electron chi connectivity index (χ3n) is 5.26. The van der Waals surface area contributed by atoms with Gasteiger partial charge in [-0.15, -0.1) is 0 Å². The topological polar surface area (TPSA) is 81.1 Å². The maximum absolute atomic E-state index is 13.9. The lowest BCUT2D eigenvalue weighted by Crippen LogP contribution is -2.36. The molecule has 0 unspecified atom stereocenters. The number of hydrogen-bond donors (Lipinski definition) is 3. The van der Waals surface area contributed by atoms with Gasteiger partial charge in [0.25, 0.3) is 5.91 Å². The number of rotatable bonds is 4. The van der Waals surface area contributed by atoms with Gasteiger partial charge in [0.15, 0.2) is 5.13 Å². The van der Waals surface area contributed by atoms with Crippen molar-refractivity contribution in [3.05, 3.63) is 70.4 Å². The normalized spacial score (nSPS) is 12.5. The number of nitrogens with one attached hydrogen (secondary N) is 3. The number of carbonyl (C=O) groups excluding carboxylic acids is 1. The number of carbonyl (C=O) groups is 1. The quantitative estimate of drug-likeness (QED) is 0.322. The molecule has 6 nitrogen and oxygen atoms in total. The third kappa shape index (κ3) is 4.06. The molecule has 1 heterocycles. The molecule has 160 valence electrons. The van der Waals surface area contributed by atoms with E-state index in [9.17, 15) is 13.6 Å². The molecule has 31 heavy (non-hydrogen) atoms. The van der Waals surface area contributed by atoms with Gasteiger partial charge in [-0.25, -0.2) is 19.2 Å². The van der Waals surface area contributed by atoms with Crippen molar-refractivity contribution in [2.24, 2.45) is 0 Å². The number of hydrogen-bond acceptors (Lipinski definition) is 5. The molecule has 2 aromatic carbocycles. The molecule has 3 N–H and O–H groups in total. The van der Waals surface area contributed by atoms with E-state index < -0.39 is 23.1 Å². The Labute approximate surface area is 182 Å². The van der Waals surface area contributed by atoms with Crippen LogP contribution in [0.2, 0.25) is 0 Å². The van der Waals surface area contributed by atoms with Crippen molar-refractivity contribution in [1.82, 2.24) is 15.4 Å². The molecule has 0 radical (unpaired) electrons. The Bertz CT molecular complexity index is 1160. The molecule has 1 aliphatic rings. The monoisotopic (exact) mass is 441 g/mol. The second kappa shape index (κ2) is 8.52. The van der Waals surface area contributed by atoms with Gasteiger partial charge in [0.05, 0.1) is 10.6 Å². The van der Waals surface area contributed by atoms with Crippen molar-refractivity contribution in [1.29, 1.82) is 5.41 Å². The van der Waals surface area contributed by atoms with Gasteiger partial charge in [0.1, 0.15) is 23.0 Å². The average Bonchev–Trinajstić information content (AvgIpc) is 3.06. The van der Waals surface area contributed by atoms with Crippen molar-refractivity contribution in [2.75, 3.05) is 19.4 Å². The Morgan fingerprint density at radius 1 is 1.19 bits per heavy atom. The Hall–Kier alpha value is -3.17. The van der Waals surface area contributed by atoms with Crippen LogP contribution in [-0.4, -0.2) is 35.8 Å². The number of fused-ring (bicyclic) bond motifs is 3. The zero-order chi connectivity index (χ0) is 22.1. The highest BCUT2D eigenvalue weighted by molar-refractivity contribution is 7.19. The maximum atomic E-state index is 13.9. The Balaban J connectivity index is 1.65. The molecule has 9 heteroatoms. The molecule has 1 aliphatic carbocycles. The van der Waals surface area contributed by atoms with E-state index in [0.29, 0.717) is 11.0 Å². The summed E-state index contributed by atoms with van der Waals surface area (Å²) in [4.78, 5) is 17.9. The standard InChI is InChI=1S/C22H21F2N5OS/c1-26-29(2)20(25)13-9-10-14-12(11-13)5-3-8-17-19(14)31-22(27-17)28-21(30)18-15(23)6-4-7-16(18)24/h4,6-7,9-11,25-26H,3,5,8H2,1-2H3,(H,27,28,30). The lowest BCUT2D eigenvalue weighted by molar-refractivity contribution is 0.101. The first-order valence-electron chi connectivity index (χ1n) is 9.77. The minimum absolute atomic E-state index is 0.303. The predicted octanol–water partition coefficient (Wildman–Crippen LogP) is 4.22. The van der Waals surface area contributed by atoms with Gasteiger partial charge >= 0.3 is 0 Å². The van der Waals surface area contributed by atoms with Crippen LogP contribution in [0, 0.1) is 17.0 Å². The zero-order valence-electron chi connectivity index (χ0n) is 17.1. The second-order valence-corrected chi connectivity index (χ2v) is 8.20. The van der Waals surface area contributed by atoms with Crippen LogP contribution in [0.25, 0.3) is 10.4 Å². The van der Waals surface area contributed by atoms with E-state index in [1.165, 1.54) is 17.4 Å². The smallest absolute Gasteiger partial charge is 0.263 e. The van der Waals surface area contributed by atoms with Crippen molar-refractivity contribution in [3.63, 3.8) is 0 Å². The van der Waals surface area contributed by atoms with Crippen LogP contribution < -0.4 is 10.7 Å². The molecule has 0 saturated heterocycles. The number of benzene rings is 2. The largest absolute Gasteiger partial charge is 0.298 e. The van der Waals surface area contributed by atoms with Crippen LogP contribution in [0.15, 0.2) is 36.4 Å². The summed E-state index contributed by atoms with van der Waals surface area (Å²) in [6, 6.07) is 9.17. The highest BCUT2D eigenvalue weighted by Crippen LogP contribution is 2.39. The van der Waals surface area contributed by atoms with Crippen molar-refractivity contribution in [3.8, 4) is 10.4 Å². The van der Waals surface area contributed by atoms with Gasteiger partial charge in [-0.2, -0.15) is 0 Å². The zero-order valence-corrected chi connectivity index (χ0v) is 17.9. The fourth-order valence-corrected chi connectivity index (χ4v) is 4.65. The number of thiazole rings is 1. The van der Waals surface area contributed by atoms with Crippen molar-refractivity contribution in [2.45, 2.75) is 19.3 Å². The van der Waals surface area contributed by atoms with Gasteiger partial charge in [-0.05, 0) is 48.6 Å². The van der Waals surface area contributed by atoms with E-state index in [2.05, 4.69) is 15.7 Å². The van der Waals surface area contributed by atoms with E-state index in [-0.39, 0.29) is 0 Å². The van der Waals surface area contributed by atoms with Crippen LogP contribution >= 0.6 is 11.3 Å². The van der Waals surface area contributed by atoms with E-state index in [4.69, 9.17) is 5.41 Å². The van der Waals surface area contributed by atoms with E-state index in [0.717, 1.165) is 58.7 Å². The minimum Gasteiger partial charge on any atom is -0.298 e. The Morgan fingerprint density at radius 3 is 2.65 bits per heavy atom. The van der Waals surface area contributed by atoms with Crippen molar-refractivity contribution >= 4 is 28.2 Å². The molecule has 1 amide bonds. The summed E-state index contributed by atoms with van der Waals surface area (Å²) in [7, 11) is 3.53. The highest BCUT2D eigenvalue weighted by atomic mass is 32.1. The summed E-state index contributed by atoms with van der Waals surface area (Å²) in [5.74, 6) is -2.33. The number of hydrazine groups is 1. The summed E-state index contributed by atoms with van der Waals surface area (Å²) in [6.07, 6.45) is 2.45. The molecule has 0 fully saturated rings. The van der Waals surface area contributed by atoms with E-state index >= 15 is 0 Å². The Kier molecular flexibility index (Phi) is 5.79. The number of amides is 1.